The van der Waals surface area contributed by atoms with Gasteiger partial charge < -0.3 is 20.2 Å². The van der Waals surface area contributed by atoms with Crippen LogP contribution in [0.5, 0.6) is 0 Å². The molecule has 0 aromatic carbocycles. The van der Waals surface area contributed by atoms with E-state index in [-0.39, 0.29) is 31.2 Å². The number of carbonyl (C=O) groups is 3. The Morgan fingerprint density at radius 1 is 1.50 bits per heavy atom. The van der Waals surface area contributed by atoms with Gasteiger partial charge in [-0.2, -0.15) is 5.10 Å². The zero-order chi connectivity index (χ0) is 17.4. The third-order valence-corrected chi connectivity index (χ3v) is 3.99. The molecule has 1 atom stereocenters. The Bertz CT molecular complexity index is 656. The van der Waals surface area contributed by atoms with Crippen molar-refractivity contribution in [1.29, 1.82) is 0 Å². The molecule has 9 nitrogen and oxygen atoms in total. The van der Waals surface area contributed by atoms with Gasteiger partial charge in [0.05, 0.1) is 12.5 Å². The first-order valence-electron chi connectivity index (χ1n) is 7.15. The monoisotopic (exact) mass is 352 g/mol. The minimum absolute atomic E-state index is 0.00943. The van der Waals surface area contributed by atoms with Gasteiger partial charge in [0, 0.05) is 19.4 Å². The lowest BCUT2D eigenvalue weighted by Crippen LogP contribution is -2.31. The highest BCUT2D eigenvalue weighted by Crippen LogP contribution is 2.22. The Labute approximate surface area is 141 Å². The zero-order valence-electron chi connectivity index (χ0n) is 12.6. The summed E-state index contributed by atoms with van der Waals surface area (Å²) in [4.78, 5) is 33.9. The highest BCUT2D eigenvalue weighted by molar-refractivity contribution is 8.15. The minimum Gasteiger partial charge on any atom is -0.481 e. The molecule has 1 aliphatic heterocycles. The van der Waals surface area contributed by atoms with Crippen molar-refractivity contribution in [2.75, 3.05) is 6.54 Å². The molecule has 1 aliphatic rings. The van der Waals surface area contributed by atoms with Crippen molar-refractivity contribution in [3.05, 3.63) is 24.2 Å². The average Bonchev–Trinajstić information content (AvgIpc) is 3.14. The highest BCUT2D eigenvalue weighted by Gasteiger charge is 2.32. The molecule has 2 heterocycles. The van der Waals surface area contributed by atoms with E-state index in [0.29, 0.717) is 17.3 Å². The summed E-state index contributed by atoms with van der Waals surface area (Å²) < 4.78 is 5.05. The molecule has 1 aromatic rings. The number of furan rings is 1. The maximum absolute atomic E-state index is 11.8. The standard InChI is InChI=1S/C14H16N4O5S/c19-11(15-5-1-4-12(20)21)7-10-13(22)17-14(24-10)18-16-8-9-3-2-6-23-9/h2-3,6,8,10H,1,4-5,7H2,(H,15,19)(H,20,21)(H,17,18,22)/b16-8-/t10-/m0/s1. The molecular formula is C14H16N4O5S. The van der Waals surface area contributed by atoms with E-state index < -0.39 is 11.2 Å². The number of amidine groups is 1. The van der Waals surface area contributed by atoms with Crippen molar-refractivity contribution >= 4 is 40.9 Å². The van der Waals surface area contributed by atoms with Gasteiger partial charge in [0.25, 0.3) is 0 Å². The van der Waals surface area contributed by atoms with Crippen molar-refractivity contribution in [3.63, 3.8) is 0 Å². The van der Waals surface area contributed by atoms with Gasteiger partial charge in [0.2, 0.25) is 11.8 Å². The topological polar surface area (TPSA) is 133 Å². The van der Waals surface area contributed by atoms with E-state index in [0.717, 1.165) is 11.8 Å². The number of aliphatic carboxylic acids is 1. The molecule has 24 heavy (non-hydrogen) atoms. The number of nitrogens with zero attached hydrogens (tertiary/aromatic N) is 2. The second kappa shape index (κ2) is 8.87. The summed E-state index contributed by atoms with van der Waals surface area (Å²) in [6, 6.07) is 3.42. The Morgan fingerprint density at radius 2 is 2.33 bits per heavy atom. The first-order chi connectivity index (χ1) is 11.5. The number of hydrogen-bond acceptors (Lipinski definition) is 7. The molecule has 2 rings (SSSR count). The van der Waals surface area contributed by atoms with Crippen LogP contribution in [0.25, 0.3) is 0 Å². The Balaban J connectivity index is 1.75. The van der Waals surface area contributed by atoms with Crippen LogP contribution in [0.4, 0.5) is 0 Å². The van der Waals surface area contributed by atoms with E-state index in [9.17, 15) is 14.4 Å². The fourth-order valence-corrected chi connectivity index (χ4v) is 2.72. The van der Waals surface area contributed by atoms with Crippen LogP contribution in [0.15, 0.2) is 33.0 Å². The number of hydrogen-bond donors (Lipinski definition) is 3. The van der Waals surface area contributed by atoms with Crippen LogP contribution in [-0.4, -0.2) is 46.1 Å². The van der Waals surface area contributed by atoms with Crippen LogP contribution < -0.4 is 10.6 Å². The molecule has 1 saturated heterocycles. The molecule has 0 saturated carbocycles. The van der Waals surface area contributed by atoms with Gasteiger partial charge in [0.15, 0.2) is 5.17 Å². The maximum atomic E-state index is 11.8. The summed E-state index contributed by atoms with van der Waals surface area (Å²) >= 11 is 1.12. The van der Waals surface area contributed by atoms with E-state index in [2.05, 4.69) is 20.8 Å². The Morgan fingerprint density at radius 3 is 3.04 bits per heavy atom. The van der Waals surface area contributed by atoms with Crippen molar-refractivity contribution < 1.29 is 23.9 Å². The van der Waals surface area contributed by atoms with E-state index >= 15 is 0 Å². The molecule has 128 valence electrons. The summed E-state index contributed by atoms with van der Waals surface area (Å²) in [5.74, 6) is -1.00. The van der Waals surface area contributed by atoms with Gasteiger partial charge in [0.1, 0.15) is 11.0 Å². The number of amides is 2. The van der Waals surface area contributed by atoms with Gasteiger partial charge >= 0.3 is 5.97 Å². The number of carboxylic acid groups (broad SMARTS) is 1. The summed E-state index contributed by atoms with van der Waals surface area (Å²) in [5.41, 5.74) is 0. The van der Waals surface area contributed by atoms with Crippen molar-refractivity contribution in [2.24, 2.45) is 10.2 Å². The van der Waals surface area contributed by atoms with E-state index in [1.165, 1.54) is 12.5 Å². The lowest BCUT2D eigenvalue weighted by molar-refractivity contribution is -0.137. The summed E-state index contributed by atoms with van der Waals surface area (Å²) in [6.45, 7) is 0.262. The summed E-state index contributed by atoms with van der Waals surface area (Å²) in [6.07, 6.45) is 3.24. The quantitative estimate of drug-likeness (QED) is 0.356. The average molecular weight is 352 g/mol. The van der Waals surface area contributed by atoms with Crippen LogP contribution in [0.2, 0.25) is 0 Å². The predicted molar refractivity (Wildman–Crippen MR) is 87.8 cm³/mol. The van der Waals surface area contributed by atoms with Crippen LogP contribution in [-0.2, 0) is 14.4 Å². The first-order valence-corrected chi connectivity index (χ1v) is 8.03. The van der Waals surface area contributed by atoms with Gasteiger partial charge in [-0.3, -0.25) is 14.4 Å². The van der Waals surface area contributed by atoms with E-state index in [1.807, 2.05) is 0 Å². The van der Waals surface area contributed by atoms with Crippen molar-refractivity contribution in [2.45, 2.75) is 24.5 Å². The molecular weight excluding hydrogens is 336 g/mol. The van der Waals surface area contributed by atoms with Gasteiger partial charge in [-0.15, -0.1) is 5.10 Å². The Kier molecular flexibility index (Phi) is 6.55. The zero-order valence-corrected chi connectivity index (χ0v) is 13.4. The minimum atomic E-state index is -0.911. The van der Waals surface area contributed by atoms with Crippen LogP contribution in [0.3, 0.4) is 0 Å². The molecule has 1 aromatic heterocycles. The highest BCUT2D eigenvalue weighted by atomic mass is 32.2. The lowest BCUT2D eigenvalue weighted by Gasteiger charge is -2.06. The summed E-state index contributed by atoms with van der Waals surface area (Å²) in [7, 11) is 0. The second-order valence-corrected chi connectivity index (χ2v) is 6.00. The number of nitrogens with one attached hydrogen (secondary N) is 2. The van der Waals surface area contributed by atoms with Crippen LogP contribution >= 0.6 is 11.8 Å². The largest absolute Gasteiger partial charge is 0.481 e. The van der Waals surface area contributed by atoms with E-state index in [1.54, 1.807) is 12.1 Å². The normalized spacial score (nSPS) is 18.9. The number of carboxylic acids is 1. The second-order valence-electron chi connectivity index (χ2n) is 4.81. The summed E-state index contributed by atoms with van der Waals surface area (Å²) in [5, 5.41) is 21.0. The molecule has 0 bridgehead atoms. The molecule has 2 amide bonds. The molecule has 0 aliphatic carbocycles. The number of thioether (sulfide) groups is 1. The fourth-order valence-electron chi connectivity index (χ4n) is 1.80. The maximum Gasteiger partial charge on any atom is 0.303 e. The third kappa shape index (κ3) is 5.88. The molecule has 0 unspecified atom stereocenters. The Hall–Kier alpha value is -2.62. The fraction of sp³-hybridized carbons (Fsp3) is 0.357. The lowest BCUT2D eigenvalue weighted by atomic mass is 10.2. The third-order valence-electron chi connectivity index (χ3n) is 2.91. The SMILES string of the molecule is O=C(O)CCCNC(=O)C[C@@H]1S/C(=N\N=C/c2ccco2)NC1=O. The first kappa shape index (κ1) is 17.7. The predicted octanol–water partition coefficient (Wildman–Crippen LogP) is 0.572. The van der Waals surface area contributed by atoms with Gasteiger partial charge in [-0.05, 0) is 18.6 Å². The molecule has 10 heteroatoms. The van der Waals surface area contributed by atoms with Gasteiger partial charge in [-0.1, -0.05) is 11.8 Å². The molecule has 1 fully saturated rings. The smallest absolute Gasteiger partial charge is 0.303 e. The number of rotatable bonds is 8. The van der Waals surface area contributed by atoms with Crippen molar-refractivity contribution in [3.8, 4) is 0 Å². The van der Waals surface area contributed by atoms with Crippen LogP contribution in [0, 0.1) is 0 Å². The van der Waals surface area contributed by atoms with Crippen LogP contribution in [0.1, 0.15) is 25.0 Å². The molecule has 0 spiro atoms. The molecule has 3 N–H and O–H groups in total. The molecule has 0 radical (unpaired) electrons. The van der Waals surface area contributed by atoms with Crippen molar-refractivity contribution in [1.82, 2.24) is 10.6 Å². The number of carbonyl (C=O) groups excluding carboxylic acids is 2. The van der Waals surface area contributed by atoms with E-state index in [4.69, 9.17) is 9.52 Å². The van der Waals surface area contributed by atoms with Gasteiger partial charge in [-0.25, -0.2) is 0 Å².